The molecule has 1 aliphatic carbocycles. The fourth-order valence-electron chi connectivity index (χ4n) is 3.38. The summed E-state index contributed by atoms with van der Waals surface area (Å²) in [6, 6.07) is 15.3. The lowest BCUT2D eigenvalue weighted by atomic mass is 9.87. The molecular formula is C22H22N2O2. The second-order valence-electron chi connectivity index (χ2n) is 6.50. The van der Waals surface area contributed by atoms with Crippen molar-refractivity contribution in [2.24, 2.45) is 0 Å². The predicted octanol–water partition coefficient (Wildman–Crippen LogP) is 3.54. The fourth-order valence-corrected chi connectivity index (χ4v) is 3.38. The van der Waals surface area contributed by atoms with E-state index in [1.807, 2.05) is 36.4 Å². The van der Waals surface area contributed by atoms with Gasteiger partial charge in [-0.1, -0.05) is 36.4 Å². The average Bonchev–Trinajstić information content (AvgIpc) is 2.68. The van der Waals surface area contributed by atoms with E-state index in [4.69, 9.17) is 0 Å². The lowest BCUT2D eigenvalue weighted by Crippen LogP contribution is -2.26. The van der Waals surface area contributed by atoms with E-state index < -0.39 is 0 Å². The molecular weight excluding hydrogens is 324 g/mol. The van der Waals surface area contributed by atoms with Gasteiger partial charge in [0.2, 0.25) is 0 Å². The molecule has 0 saturated heterocycles. The van der Waals surface area contributed by atoms with Crippen LogP contribution in [0.2, 0.25) is 0 Å². The van der Waals surface area contributed by atoms with Gasteiger partial charge in [0, 0.05) is 6.54 Å². The molecule has 0 spiro atoms. The van der Waals surface area contributed by atoms with Gasteiger partial charge >= 0.3 is 0 Å². The molecule has 3 rings (SSSR count). The summed E-state index contributed by atoms with van der Waals surface area (Å²) >= 11 is 0. The predicted molar refractivity (Wildman–Crippen MR) is 101 cm³/mol. The number of rotatable bonds is 5. The Labute approximate surface area is 153 Å². The molecule has 0 bridgehead atoms. The first-order chi connectivity index (χ1) is 12.7. The number of hydrogen-bond acceptors (Lipinski definition) is 3. The van der Waals surface area contributed by atoms with E-state index >= 15 is 0 Å². The second kappa shape index (κ2) is 8.35. The van der Waals surface area contributed by atoms with Crippen LogP contribution in [-0.4, -0.2) is 17.6 Å². The maximum Gasteiger partial charge on any atom is 0.261 e. The Morgan fingerprint density at radius 3 is 2.58 bits per heavy atom. The van der Waals surface area contributed by atoms with Crippen LogP contribution in [0.25, 0.3) is 6.08 Å². The molecule has 2 aromatic carbocycles. The van der Waals surface area contributed by atoms with Crippen molar-refractivity contribution >= 4 is 12.0 Å². The maximum absolute atomic E-state index is 12.4. The van der Waals surface area contributed by atoms with Gasteiger partial charge in [-0.2, -0.15) is 5.26 Å². The first-order valence-corrected chi connectivity index (χ1v) is 8.96. The molecule has 132 valence electrons. The second-order valence-corrected chi connectivity index (χ2v) is 6.50. The summed E-state index contributed by atoms with van der Waals surface area (Å²) in [5.41, 5.74) is 4.10. The molecule has 1 aliphatic rings. The Bertz CT molecular complexity index is 864. The van der Waals surface area contributed by atoms with Gasteiger partial charge in [0.15, 0.2) is 0 Å². The van der Waals surface area contributed by atoms with E-state index in [0.29, 0.717) is 12.3 Å². The third kappa shape index (κ3) is 4.12. The Kier molecular flexibility index (Phi) is 5.70. The number of nitrogens with one attached hydrogen (secondary N) is 1. The summed E-state index contributed by atoms with van der Waals surface area (Å²) in [6.45, 7) is 0.482. The van der Waals surface area contributed by atoms with Gasteiger partial charge in [-0.05, 0) is 66.5 Å². The van der Waals surface area contributed by atoms with Crippen LogP contribution < -0.4 is 5.32 Å². The topological polar surface area (TPSA) is 73.1 Å². The van der Waals surface area contributed by atoms with E-state index in [-0.39, 0.29) is 11.5 Å². The lowest BCUT2D eigenvalue weighted by Gasteiger charge is -2.19. The molecule has 0 unspecified atom stereocenters. The summed E-state index contributed by atoms with van der Waals surface area (Å²) in [7, 11) is 0. The van der Waals surface area contributed by atoms with Crippen molar-refractivity contribution in [3.05, 3.63) is 70.3 Å². The summed E-state index contributed by atoms with van der Waals surface area (Å²) < 4.78 is 0. The first-order valence-electron chi connectivity index (χ1n) is 8.96. The number of hydrogen-bond donors (Lipinski definition) is 2. The minimum Gasteiger partial charge on any atom is -0.508 e. The summed E-state index contributed by atoms with van der Waals surface area (Å²) in [5.74, 6) is -0.0521. The highest BCUT2D eigenvalue weighted by molar-refractivity contribution is 6.01. The fraction of sp³-hybridized carbons (Fsp3) is 0.273. The van der Waals surface area contributed by atoms with Crippen LogP contribution in [0, 0.1) is 11.3 Å². The van der Waals surface area contributed by atoms with Crippen LogP contribution in [0.5, 0.6) is 5.75 Å². The number of nitriles is 1. The summed E-state index contributed by atoms with van der Waals surface area (Å²) in [5, 5.41) is 22.3. The average molecular weight is 346 g/mol. The van der Waals surface area contributed by atoms with Gasteiger partial charge in [0.25, 0.3) is 5.91 Å². The van der Waals surface area contributed by atoms with E-state index in [2.05, 4.69) is 5.32 Å². The van der Waals surface area contributed by atoms with E-state index in [9.17, 15) is 15.2 Å². The van der Waals surface area contributed by atoms with E-state index in [1.165, 1.54) is 0 Å². The number of fused-ring (bicyclic) bond motifs is 1. The van der Waals surface area contributed by atoms with Crippen molar-refractivity contribution in [2.45, 2.75) is 32.1 Å². The molecule has 0 aliphatic heterocycles. The molecule has 0 saturated carbocycles. The standard InChI is InChI=1S/C22H22N2O2/c23-15-18(22(26)24-13-12-16-6-2-1-3-7-16)14-17-10-11-21(25)20-9-5-4-8-19(17)20/h1-3,6-7,10-11,14,25H,4-5,8-9,12-13H2,(H,24,26)/b18-14-. The third-order valence-electron chi connectivity index (χ3n) is 4.75. The Morgan fingerprint density at radius 2 is 1.85 bits per heavy atom. The third-order valence-corrected chi connectivity index (χ3v) is 4.75. The zero-order valence-corrected chi connectivity index (χ0v) is 14.7. The lowest BCUT2D eigenvalue weighted by molar-refractivity contribution is -0.117. The van der Waals surface area contributed by atoms with Crippen molar-refractivity contribution in [1.29, 1.82) is 5.26 Å². The van der Waals surface area contributed by atoms with Gasteiger partial charge in [-0.3, -0.25) is 4.79 Å². The number of phenols is 1. The van der Waals surface area contributed by atoms with Gasteiger partial charge in [0.05, 0.1) is 0 Å². The van der Waals surface area contributed by atoms with Crippen LogP contribution in [-0.2, 0) is 24.1 Å². The number of carbonyl (C=O) groups is 1. The van der Waals surface area contributed by atoms with Crippen molar-refractivity contribution in [2.75, 3.05) is 6.54 Å². The number of nitrogens with zero attached hydrogens (tertiary/aromatic N) is 1. The van der Waals surface area contributed by atoms with Crippen molar-refractivity contribution in [1.82, 2.24) is 5.32 Å². The van der Waals surface area contributed by atoms with E-state index in [0.717, 1.165) is 54.4 Å². The highest BCUT2D eigenvalue weighted by atomic mass is 16.3. The summed E-state index contributed by atoms with van der Waals surface area (Å²) in [4.78, 5) is 12.4. The molecule has 0 aromatic heterocycles. The zero-order valence-electron chi connectivity index (χ0n) is 14.7. The number of benzene rings is 2. The molecule has 1 amide bonds. The van der Waals surface area contributed by atoms with Gasteiger partial charge in [-0.15, -0.1) is 0 Å². The van der Waals surface area contributed by atoms with Crippen molar-refractivity contribution in [3.8, 4) is 11.8 Å². The van der Waals surface area contributed by atoms with Crippen molar-refractivity contribution < 1.29 is 9.90 Å². The smallest absolute Gasteiger partial charge is 0.261 e. The minimum atomic E-state index is -0.360. The minimum absolute atomic E-state index is 0.0940. The number of amides is 1. The first kappa shape index (κ1) is 17.8. The Morgan fingerprint density at radius 1 is 1.12 bits per heavy atom. The number of phenolic OH excluding ortho intramolecular Hbond substituents is 1. The monoisotopic (exact) mass is 346 g/mol. The molecule has 2 N–H and O–H groups in total. The van der Waals surface area contributed by atoms with Crippen LogP contribution in [0.1, 0.15) is 35.1 Å². The normalized spacial score (nSPS) is 13.6. The van der Waals surface area contributed by atoms with Gasteiger partial charge < -0.3 is 10.4 Å². The van der Waals surface area contributed by atoms with Gasteiger partial charge in [0.1, 0.15) is 17.4 Å². The highest BCUT2D eigenvalue weighted by Crippen LogP contribution is 2.32. The summed E-state index contributed by atoms with van der Waals surface area (Å²) in [6.07, 6.45) is 6.18. The van der Waals surface area contributed by atoms with Crippen LogP contribution in [0.15, 0.2) is 48.0 Å². The van der Waals surface area contributed by atoms with E-state index in [1.54, 1.807) is 18.2 Å². The SMILES string of the molecule is N#C/C(=C/c1ccc(O)c2c1CCCC2)C(=O)NCCc1ccccc1. The largest absolute Gasteiger partial charge is 0.508 e. The molecule has 0 radical (unpaired) electrons. The molecule has 26 heavy (non-hydrogen) atoms. The Balaban J connectivity index is 1.72. The Hall–Kier alpha value is -3.06. The molecule has 0 fully saturated rings. The maximum atomic E-state index is 12.4. The highest BCUT2D eigenvalue weighted by Gasteiger charge is 2.17. The van der Waals surface area contributed by atoms with Gasteiger partial charge in [-0.25, -0.2) is 0 Å². The van der Waals surface area contributed by atoms with Crippen LogP contribution in [0.4, 0.5) is 0 Å². The number of aromatic hydroxyl groups is 1. The van der Waals surface area contributed by atoms with Crippen molar-refractivity contribution in [3.63, 3.8) is 0 Å². The van der Waals surface area contributed by atoms with Crippen LogP contribution in [0.3, 0.4) is 0 Å². The molecule has 4 heteroatoms. The number of carbonyl (C=O) groups excluding carboxylic acids is 1. The molecule has 4 nitrogen and oxygen atoms in total. The molecule has 0 atom stereocenters. The molecule has 2 aromatic rings. The van der Waals surface area contributed by atoms with Crippen LogP contribution >= 0.6 is 0 Å². The molecule has 0 heterocycles. The zero-order chi connectivity index (χ0) is 18.4. The quantitative estimate of drug-likeness (QED) is 0.642.